The summed E-state index contributed by atoms with van der Waals surface area (Å²) in [5.41, 5.74) is 2.04. The number of rotatable bonds is 8. The van der Waals surface area contributed by atoms with E-state index in [0.717, 1.165) is 30.5 Å². The molecule has 1 fully saturated rings. The minimum absolute atomic E-state index is 0.121. The number of likely N-dealkylation sites (N-methyl/N-ethyl adjacent to an activating group) is 1. The van der Waals surface area contributed by atoms with Crippen molar-refractivity contribution in [1.82, 2.24) is 9.80 Å². The van der Waals surface area contributed by atoms with Crippen LogP contribution in [0.5, 0.6) is 0 Å². The van der Waals surface area contributed by atoms with Gasteiger partial charge in [0.25, 0.3) is 0 Å². The van der Waals surface area contributed by atoms with Crippen LogP contribution in [0.25, 0.3) is 0 Å². The second-order valence-corrected chi connectivity index (χ2v) is 8.69. The summed E-state index contributed by atoms with van der Waals surface area (Å²) < 4.78 is 0. The number of carbonyl (C=O) groups excluding carboxylic acids is 1. The molecule has 0 aliphatic carbocycles. The predicted octanol–water partition coefficient (Wildman–Crippen LogP) is 3.76. The van der Waals surface area contributed by atoms with E-state index >= 15 is 0 Å². The number of carbonyl (C=O) groups is 1. The number of benzene rings is 2. The molecule has 1 heterocycles. The lowest BCUT2D eigenvalue weighted by atomic mass is 9.90. The minimum Gasteiger partial charge on any atom is -0.392 e. The van der Waals surface area contributed by atoms with E-state index in [9.17, 15) is 9.90 Å². The summed E-state index contributed by atoms with van der Waals surface area (Å²) in [5, 5.41) is 9.99. The van der Waals surface area contributed by atoms with E-state index in [2.05, 4.69) is 18.7 Å². The van der Waals surface area contributed by atoms with Crippen molar-refractivity contribution in [2.75, 3.05) is 26.7 Å². The molecule has 156 valence electrons. The van der Waals surface area contributed by atoms with Crippen LogP contribution in [-0.4, -0.2) is 59.6 Å². The molecule has 1 aliphatic heterocycles. The number of hydrogen-bond acceptors (Lipinski definition) is 3. The van der Waals surface area contributed by atoms with Gasteiger partial charge in [-0.2, -0.15) is 0 Å². The molecule has 0 spiro atoms. The van der Waals surface area contributed by atoms with Crippen LogP contribution < -0.4 is 0 Å². The van der Waals surface area contributed by atoms with Crippen molar-refractivity contribution in [2.24, 2.45) is 5.92 Å². The van der Waals surface area contributed by atoms with Crippen LogP contribution >= 0.6 is 0 Å². The number of nitrogens with zero attached hydrogens (tertiary/aromatic N) is 2. The van der Waals surface area contributed by atoms with Crippen molar-refractivity contribution >= 4 is 5.91 Å². The summed E-state index contributed by atoms with van der Waals surface area (Å²) in [5.74, 6) is 0.363. The third-order valence-corrected chi connectivity index (χ3v) is 5.83. The molecule has 1 amide bonds. The number of amides is 1. The second kappa shape index (κ2) is 10.0. The fourth-order valence-electron chi connectivity index (χ4n) is 4.38. The number of β-amino-alcohol motifs (C(OH)–C–C–N with tert-alkyl or cyclic N) is 1. The average molecular weight is 395 g/mol. The van der Waals surface area contributed by atoms with Gasteiger partial charge in [0.15, 0.2) is 0 Å². The Labute approximate surface area is 175 Å². The van der Waals surface area contributed by atoms with Crippen molar-refractivity contribution in [2.45, 2.75) is 44.8 Å². The second-order valence-electron chi connectivity index (χ2n) is 8.69. The van der Waals surface area contributed by atoms with Gasteiger partial charge in [-0.1, -0.05) is 74.5 Å². The van der Waals surface area contributed by atoms with E-state index < -0.39 is 0 Å². The molecular formula is C25H34N2O2. The highest BCUT2D eigenvalue weighted by Gasteiger charge is 2.31. The maximum Gasteiger partial charge on any atom is 0.234 e. The topological polar surface area (TPSA) is 43.8 Å². The predicted molar refractivity (Wildman–Crippen MR) is 118 cm³/mol. The molecule has 0 bridgehead atoms. The molecule has 29 heavy (non-hydrogen) atoms. The summed E-state index contributed by atoms with van der Waals surface area (Å²) in [6.07, 6.45) is 1.60. The Kier molecular flexibility index (Phi) is 7.45. The first-order valence-electron chi connectivity index (χ1n) is 10.7. The standard InChI is InChI=1S/C25H34N2O2/c1-19(2)16-22(27-15-14-23(28)18-27)17-26(3)25(29)24(20-10-6-4-7-11-20)21-12-8-5-9-13-21/h4-13,19,22-24,28H,14-18H2,1-3H3/t22?,23-/m0/s1. The van der Waals surface area contributed by atoms with Crippen molar-refractivity contribution in [3.8, 4) is 0 Å². The lowest BCUT2D eigenvalue weighted by molar-refractivity contribution is -0.131. The van der Waals surface area contributed by atoms with Gasteiger partial charge < -0.3 is 10.0 Å². The molecule has 3 rings (SSSR count). The Morgan fingerprint density at radius 1 is 1.07 bits per heavy atom. The van der Waals surface area contributed by atoms with Gasteiger partial charge in [-0.05, 0) is 29.9 Å². The molecule has 2 atom stereocenters. The zero-order chi connectivity index (χ0) is 20.8. The summed E-state index contributed by atoms with van der Waals surface area (Å²) >= 11 is 0. The zero-order valence-corrected chi connectivity index (χ0v) is 17.9. The lowest BCUT2D eigenvalue weighted by Crippen LogP contribution is -2.46. The molecule has 0 radical (unpaired) electrons. The van der Waals surface area contributed by atoms with Crippen molar-refractivity contribution in [3.63, 3.8) is 0 Å². The first kappa shape index (κ1) is 21.5. The fourth-order valence-corrected chi connectivity index (χ4v) is 4.38. The van der Waals surface area contributed by atoms with Crippen molar-refractivity contribution in [3.05, 3.63) is 71.8 Å². The van der Waals surface area contributed by atoms with Crippen LogP contribution in [-0.2, 0) is 4.79 Å². The third-order valence-electron chi connectivity index (χ3n) is 5.83. The van der Waals surface area contributed by atoms with E-state index in [1.807, 2.05) is 72.6 Å². The quantitative estimate of drug-likeness (QED) is 0.741. The highest BCUT2D eigenvalue weighted by molar-refractivity contribution is 5.87. The Hall–Kier alpha value is -2.17. The lowest BCUT2D eigenvalue weighted by Gasteiger charge is -2.34. The largest absolute Gasteiger partial charge is 0.392 e. The van der Waals surface area contributed by atoms with Gasteiger partial charge in [-0.25, -0.2) is 0 Å². The number of aliphatic hydroxyl groups is 1. The van der Waals surface area contributed by atoms with Crippen LogP contribution in [0.3, 0.4) is 0 Å². The fraction of sp³-hybridized carbons (Fsp3) is 0.480. The van der Waals surface area contributed by atoms with Gasteiger partial charge in [0.2, 0.25) is 5.91 Å². The van der Waals surface area contributed by atoms with E-state index in [1.54, 1.807) is 0 Å². The summed E-state index contributed by atoms with van der Waals surface area (Å²) in [4.78, 5) is 17.8. The molecule has 4 nitrogen and oxygen atoms in total. The first-order valence-corrected chi connectivity index (χ1v) is 10.7. The average Bonchev–Trinajstić information content (AvgIpc) is 3.15. The summed E-state index contributed by atoms with van der Waals surface area (Å²) in [7, 11) is 1.92. The maximum atomic E-state index is 13.6. The maximum absolute atomic E-state index is 13.6. The monoisotopic (exact) mass is 394 g/mol. The number of hydrogen-bond donors (Lipinski definition) is 1. The summed E-state index contributed by atoms with van der Waals surface area (Å²) in [6, 6.07) is 20.3. The van der Waals surface area contributed by atoms with E-state index in [1.165, 1.54) is 0 Å². The molecule has 0 aromatic heterocycles. The SMILES string of the molecule is CC(C)CC(CN(C)C(=O)C(c1ccccc1)c1ccccc1)N1CC[C@H](O)C1. The van der Waals surface area contributed by atoms with E-state index in [4.69, 9.17) is 0 Å². The van der Waals surface area contributed by atoms with Gasteiger partial charge in [-0.15, -0.1) is 0 Å². The van der Waals surface area contributed by atoms with Gasteiger partial charge in [0.05, 0.1) is 12.0 Å². The Balaban J connectivity index is 1.81. The van der Waals surface area contributed by atoms with Crippen LogP contribution in [0.15, 0.2) is 60.7 Å². The highest BCUT2D eigenvalue weighted by Crippen LogP contribution is 2.27. The smallest absolute Gasteiger partial charge is 0.234 e. The van der Waals surface area contributed by atoms with Crippen LogP contribution in [0.4, 0.5) is 0 Å². The Bertz CT molecular complexity index is 723. The van der Waals surface area contributed by atoms with Gasteiger partial charge >= 0.3 is 0 Å². The van der Waals surface area contributed by atoms with Crippen molar-refractivity contribution < 1.29 is 9.90 Å². The molecule has 1 N–H and O–H groups in total. The van der Waals surface area contributed by atoms with Crippen LogP contribution in [0.1, 0.15) is 43.7 Å². The molecule has 1 saturated heterocycles. The molecule has 1 aliphatic rings. The normalized spacial score (nSPS) is 18.3. The summed E-state index contributed by atoms with van der Waals surface area (Å²) in [6.45, 7) is 6.73. The minimum atomic E-state index is -0.300. The van der Waals surface area contributed by atoms with Gasteiger partial charge in [0, 0.05) is 32.7 Å². The molecule has 2 aromatic carbocycles. The van der Waals surface area contributed by atoms with Crippen LogP contribution in [0, 0.1) is 5.92 Å². The molecule has 4 heteroatoms. The third kappa shape index (κ3) is 5.68. The molecular weight excluding hydrogens is 360 g/mol. The van der Waals surface area contributed by atoms with Gasteiger partial charge in [0.1, 0.15) is 0 Å². The van der Waals surface area contributed by atoms with E-state index in [0.29, 0.717) is 19.0 Å². The molecule has 1 unspecified atom stereocenters. The van der Waals surface area contributed by atoms with Gasteiger partial charge in [-0.3, -0.25) is 9.69 Å². The number of aliphatic hydroxyl groups excluding tert-OH is 1. The van der Waals surface area contributed by atoms with E-state index in [-0.39, 0.29) is 24.0 Å². The van der Waals surface area contributed by atoms with Crippen molar-refractivity contribution in [1.29, 1.82) is 0 Å². The molecule has 2 aromatic rings. The number of likely N-dealkylation sites (tertiary alicyclic amines) is 1. The highest BCUT2D eigenvalue weighted by atomic mass is 16.3. The zero-order valence-electron chi connectivity index (χ0n) is 17.9. The Morgan fingerprint density at radius 2 is 1.62 bits per heavy atom. The first-order chi connectivity index (χ1) is 14.0. The Morgan fingerprint density at radius 3 is 2.07 bits per heavy atom. The van der Waals surface area contributed by atoms with Crippen LogP contribution in [0.2, 0.25) is 0 Å². The molecule has 0 saturated carbocycles.